The number of carbonyl (C=O) groups is 5. The molecule has 0 aromatic heterocycles. The van der Waals surface area contributed by atoms with Crippen LogP contribution in [0.2, 0.25) is 0 Å². The molecular formula is C17H31N5O6S. The Morgan fingerprint density at radius 2 is 1.38 bits per heavy atom. The van der Waals surface area contributed by atoms with Crippen LogP contribution in [0.15, 0.2) is 0 Å². The summed E-state index contributed by atoms with van der Waals surface area (Å²) < 4.78 is 0. The van der Waals surface area contributed by atoms with Crippen molar-refractivity contribution < 1.29 is 29.1 Å². The summed E-state index contributed by atoms with van der Waals surface area (Å²) in [7, 11) is 0. The van der Waals surface area contributed by atoms with Gasteiger partial charge in [-0.3, -0.25) is 19.2 Å². The van der Waals surface area contributed by atoms with Gasteiger partial charge in [0.1, 0.15) is 18.1 Å². The SMILES string of the molecule is CC(C)C(N)C(=O)NC(CC(N)=O)C(=O)NC(C(=O)NC(CS)C(=O)O)C(C)C. The molecule has 0 spiro atoms. The molecular weight excluding hydrogens is 402 g/mol. The van der Waals surface area contributed by atoms with Gasteiger partial charge in [-0.05, 0) is 11.8 Å². The first-order valence-corrected chi connectivity index (χ1v) is 9.73. The molecule has 0 aliphatic heterocycles. The Kier molecular flexibility index (Phi) is 11.3. The topological polar surface area (TPSA) is 194 Å². The minimum atomic E-state index is -1.33. The van der Waals surface area contributed by atoms with E-state index in [1.54, 1.807) is 27.7 Å². The molecule has 0 saturated heterocycles. The second-order valence-corrected chi connectivity index (χ2v) is 7.68. The Balaban J connectivity index is 5.38. The van der Waals surface area contributed by atoms with E-state index in [4.69, 9.17) is 16.6 Å². The molecule has 166 valence electrons. The van der Waals surface area contributed by atoms with Crippen molar-refractivity contribution in [3.63, 3.8) is 0 Å². The van der Waals surface area contributed by atoms with Crippen LogP contribution in [0.1, 0.15) is 34.1 Å². The molecule has 0 bridgehead atoms. The maximum Gasteiger partial charge on any atom is 0.327 e. The zero-order chi connectivity index (χ0) is 22.9. The summed E-state index contributed by atoms with van der Waals surface area (Å²) in [6, 6.07) is -4.60. The lowest BCUT2D eigenvalue weighted by atomic mass is 10.0. The molecule has 11 nitrogen and oxygen atoms in total. The molecule has 0 aliphatic rings. The molecule has 4 atom stereocenters. The van der Waals surface area contributed by atoms with E-state index in [2.05, 4.69) is 28.6 Å². The number of rotatable bonds is 12. The molecule has 0 saturated carbocycles. The summed E-state index contributed by atoms with van der Waals surface area (Å²) in [5, 5.41) is 16.1. The van der Waals surface area contributed by atoms with Gasteiger partial charge >= 0.3 is 5.97 Å². The Hall–Kier alpha value is -2.34. The third kappa shape index (κ3) is 9.13. The largest absolute Gasteiger partial charge is 0.480 e. The highest BCUT2D eigenvalue weighted by atomic mass is 32.1. The number of carboxylic acids is 1. The predicted octanol–water partition coefficient (Wildman–Crippen LogP) is -2.03. The van der Waals surface area contributed by atoms with Crippen molar-refractivity contribution in [2.24, 2.45) is 23.3 Å². The van der Waals surface area contributed by atoms with Crippen LogP contribution in [0.5, 0.6) is 0 Å². The summed E-state index contributed by atoms with van der Waals surface area (Å²) >= 11 is 3.87. The Morgan fingerprint density at radius 1 is 0.862 bits per heavy atom. The number of hydrogen-bond donors (Lipinski definition) is 7. The Labute approximate surface area is 175 Å². The summed E-state index contributed by atoms with van der Waals surface area (Å²) in [5.74, 6) is -5.09. The van der Waals surface area contributed by atoms with E-state index < -0.39 is 66.1 Å². The Bertz CT molecular complexity index is 627. The lowest BCUT2D eigenvalue weighted by Gasteiger charge is -2.26. The lowest BCUT2D eigenvalue weighted by molar-refractivity contribution is -0.142. The van der Waals surface area contributed by atoms with Crippen LogP contribution in [0.4, 0.5) is 0 Å². The fourth-order valence-electron chi connectivity index (χ4n) is 2.22. The molecule has 8 N–H and O–H groups in total. The summed E-state index contributed by atoms with van der Waals surface area (Å²) in [4.78, 5) is 59.6. The number of nitrogens with one attached hydrogen (secondary N) is 3. The number of amides is 4. The molecule has 0 aromatic rings. The van der Waals surface area contributed by atoms with Crippen molar-refractivity contribution in [1.82, 2.24) is 16.0 Å². The summed E-state index contributed by atoms with van der Waals surface area (Å²) in [6.07, 6.45) is -0.497. The quantitative estimate of drug-likeness (QED) is 0.172. The molecule has 0 aromatic carbocycles. The zero-order valence-corrected chi connectivity index (χ0v) is 17.9. The number of nitrogens with two attached hydrogens (primary N) is 2. The van der Waals surface area contributed by atoms with Gasteiger partial charge in [-0.2, -0.15) is 12.6 Å². The molecule has 0 aliphatic carbocycles. The predicted molar refractivity (Wildman–Crippen MR) is 109 cm³/mol. The highest BCUT2D eigenvalue weighted by molar-refractivity contribution is 7.80. The van der Waals surface area contributed by atoms with Crippen molar-refractivity contribution in [2.45, 2.75) is 58.3 Å². The number of thiol groups is 1. The van der Waals surface area contributed by atoms with Gasteiger partial charge in [0.25, 0.3) is 0 Å². The van der Waals surface area contributed by atoms with Gasteiger partial charge in [0, 0.05) is 5.75 Å². The molecule has 4 amide bonds. The Morgan fingerprint density at radius 3 is 1.76 bits per heavy atom. The normalized spacial score (nSPS) is 15.2. The van der Waals surface area contributed by atoms with Crippen LogP contribution in [0.3, 0.4) is 0 Å². The van der Waals surface area contributed by atoms with Gasteiger partial charge in [0.05, 0.1) is 12.5 Å². The van der Waals surface area contributed by atoms with Crippen LogP contribution in [-0.4, -0.2) is 64.6 Å². The van der Waals surface area contributed by atoms with Crippen molar-refractivity contribution in [3.8, 4) is 0 Å². The fraction of sp³-hybridized carbons (Fsp3) is 0.706. The highest BCUT2D eigenvalue weighted by Gasteiger charge is 2.32. The minimum absolute atomic E-state index is 0.146. The van der Waals surface area contributed by atoms with Gasteiger partial charge in [0.15, 0.2) is 0 Å². The molecule has 0 rings (SSSR count). The molecule has 0 radical (unpaired) electrons. The lowest BCUT2D eigenvalue weighted by Crippen LogP contribution is -2.59. The first-order chi connectivity index (χ1) is 13.3. The molecule has 12 heteroatoms. The molecule has 29 heavy (non-hydrogen) atoms. The van der Waals surface area contributed by atoms with E-state index in [1.165, 1.54) is 0 Å². The van der Waals surface area contributed by atoms with Crippen LogP contribution < -0.4 is 27.4 Å². The first kappa shape index (κ1) is 26.7. The minimum Gasteiger partial charge on any atom is -0.480 e. The number of primary amides is 1. The van der Waals surface area contributed by atoms with Crippen molar-refractivity contribution >= 4 is 42.2 Å². The van der Waals surface area contributed by atoms with E-state index >= 15 is 0 Å². The third-order valence-electron chi connectivity index (χ3n) is 4.10. The maximum atomic E-state index is 12.6. The second kappa shape index (κ2) is 12.3. The van der Waals surface area contributed by atoms with Crippen molar-refractivity contribution in [3.05, 3.63) is 0 Å². The smallest absolute Gasteiger partial charge is 0.327 e. The average molecular weight is 434 g/mol. The molecule has 0 fully saturated rings. The number of hydrogen-bond acceptors (Lipinski definition) is 7. The van der Waals surface area contributed by atoms with Crippen molar-refractivity contribution in [2.75, 3.05) is 5.75 Å². The van der Waals surface area contributed by atoms with Crippen LogP contribution >= 0.6 is 12.6 Å². The number of carbonyl (C=O) groups excluding carboxylic acids is 4. The monoisotopic (exact) mass is 433 g/mol. The maximum absolute atomic E-state index is 12.6. The zero-order valence-electron chi connectivity index (χ0n) is 17.0. The van der Waals surface area contributed by atoms with E-state index in [1.807, 2.05) is 0 Å². The van der Waals surface area contributed by atoms with Crippen molar-refractivity contribution in [1.29, 1.82) is 0 Å². The highest BCUT2D eigenvalue weighted by Crippen LogP contribution is 2.06. The van der Waals surface area contributed by atoms with Crippen LogP contribution in [-0.2, 0) is 24.0 Å². The van der Waals surface area contributed by atoms with Gasteiger partial charge in [0.2, 0.25) is 23.6 Å². The van der Waals surface area contributed by atoms with Gasteiger partial charge < -0.3 is 32.5 Å². The second-order valence-electron chi connectivity index (χ2n) is 7.31. The first-order valence-electron chi connectivity index (χ1n) is 9.10. The average Bonchev–Trinajstić information content (AvgIpc) is 2.61. The van der Waals surface area contributed by atoms with Crippen LogP contribution in [0, 0.1) is 11.8 Å². The summed E-state index contributed by atoms with van der Waals surface area (Å²) in [6.45, 7) is 6.70. The fourth-order valence-corrected chi connectivity index (χ4v) is 2.46. The van der Waals surface area contributed by atoms with Crippen LogP contribution in [0.25, 0.3) is 0 Å². The number of carboxylic acid groups (broad SMARTS) is 1. The van der Waals surface area contributed by atoms with E-state index in [-0.39, 0.29) is 11.7 Å². The molecule has 0 heterocycles. The molecule has 4 unspecified atom stereocenters. The van der Waals surface area contributed by atoms with Gasteiger partial charge in [-0.25, -0.2) is 4.79 Å². The number of aliphatic carboxylic acids is 1. The third-order valence-corrected chi connectivity index (χ3v) is 4.47. The van der Waals surface area contributed by atoms with Gasteiger partial charge in [-0.15, -0.1) is 0 Å². The summed E-state index contributed by atoms with van der Waals surface area (Å²) in [5.41, 5.74) is 10.9. The van der Waals surface area contributed by atoms with E-state index in [0.29, 0.717) is 0 Å². The van der Waals surface area contributed by atoms with E-state index in [0.717, 1.165) is 0 Å². The standard InChI is InChI=1S/C17H31N5O6S/c1-7(2)12(19)15(25)20-9(5-11(18)23)14(24)22-13(8(3)4)16(26)21-10(6-29)17(27)28/h7-10,12-13,29H,5-6,19H2,1-4H3,(H2,18,23)(H,20,25)(H,21,26)(H,22,24)(H,27,28). The van der Waals surface area contributed by atoms with Gasteiger partial charge in [-0.1, -0.05) is 27.7 Å². The van der Waals surface area contributed by atoms with E-state index in [9.17, 15) is 24.0 Å².